The highest BCUT2D eigenvalue weighted by Crippen LogP contribution is 2.51. The zero-order valence-electron chi connectivity index (χ0n) is 23.6. The first-order valence-corrected chi connectivity index (χ1v) is 14.9. The molecule has 0 saturated heterocycles. The van der Waals surface area contributed by atoms with Crippen LogP contribution in [-0.2, 0) is 24.9 Å². The summed E-state index contributed by atoms with van der Waals surface area (Å²) in [5.74, 6) is 1.06. The molecule has 0 spiro atoms. The van der Waals surface area contributed by atoms with Crippen LogP contribution >= 0.6 is 8.58 Å². The van der Waals surface area contributed by atoms with Crippen LogP contribution in [0.1, 0.15) is 65.6 Å². The quantitative estimate of drug-likeness (QED) is 0.188. The molecule has 0 saturated carbocycles. The van der Waals surface area contributed by atoms with Crippen LogP contribution in [0.2, 0.25) is 0 Å². The largest absolute Gasteiger partial charge is 0.488 e. The third-order valence-electron chi connectivity index (χ3n) is 7.58. The van der Waals surface area contributed by atoms with Crippen molar-refractivity contribution in [2.75, 3.05) is 0 Å². The monoisotopic (exact) mass is 523 g/mol. The van der Waals surface area contributed by atoms with E-state index in [2.05, 4.69) is 131 Å². The molecule has 0 fully saturated rings. The molecule has 0 heterocycles. The molecule has 0 aromatic heterocycles. The Kier molecular flexibility index (Phi) is 9.78. The maximum absolute atomic E-state index is 6.62. The van der Waals surface area contributed by atoms with Crippen molar-refractivity contribution in [3.8, 4) is 5.75 Å². The van der Waals surface area contributed by atoms with Crippen molar-refractivity contribution < 1.29 is 4.74 Å². The molecule has 3 heteroatoms. The van der Waals surface area contributed by atoms with Gasteiger partial charge < -0.3 is 10.1 Å². The lowest BCUT2D eigenvalue weighted by atomic mass is 9.89. The Morgan fingerprint density at radius 3 is 2.03 bits per heavy atom. The summed E-state index contributed by atoms with van der Waals surface area (Å²) in [7, 11) is 0.659. The zero-order chi connectivity index (χ0) is 27.0. The third-order valence-corrected chi connectivity index (χ3v) is 10.00. The highest BCUT2D eigenvalue weighted by atomic mass is 31.1. The van der Waals surface area contributed by atoms with Gasteiger partial charge in [-0.2, -0.15) is 0 Å². The van der Waals surface area contributed by atoms with Gasteiger partial charge in [0.15, 0.2) is 0 Å². The molecule has 2 nitrogen and oxygen atoms in total. The summed E-state index contributed by atoms with van der Waals surface area (Å²) in [6, 6.07) is 32.6. The molecule has 4 aromatic rings. The average molecular weight is 524 g/mol. The maximum Gasteiger partial charge on any atom is 0.126 e. The molecule has 1 N–H and O–H groups in total. The number of rotatable bonds is 12. The minimum absolute atomic E-state index is 0.0170. The van der Waals surface area contributed by atoms with E-state index in [1.54, 1.807) is 0 Å². The van der Waals surface area contributed by atoms with Gasteiger partial charge in [0, 0.05) is 23.8 Å². The van der Waals surface area contributed by atoms with E-state index in [1.165, 1.54) is 44.2 Å². The maximum atomic E-state index is 6.62. The van der Waals surface area contributed by atoms with E-state index in [0.29, 0.717) is 15.2 Å². The number of hydrogen-bond donors (Lipinski definition) is 1. The lowest BCUT2D eigenvalue weighted by molar-refractivity contribution is 0.296. The molecule has 1 unspecified atom stereocenters. The number of hydrogen-bond acceptors (Lipinski definition) is 2. The van der Waals surface area contributed by atoms with Gasteiger partial charge in [-0.25, -0.2) is 0 Å². The minimum Gasteiger partial charge on any atom is -0.488 e. The molecule has 0 aliphatic carbocycles. The number of aryl methyl sites for hydroxylation is 3. The van der Waals surface area contributed by atoms with Crippen LogP contribution < -0.4 is 15.4 Å². The second-order valence-corrected chi connectivity index (χ2v) is 12.1. The molecule has 0 bridgehead atoms. The van der Waals surface area contributed by atoms with Crippen LogP contribution in [0.5, 0.6) is 5.75 Å². The van der Waals surface area contributed by atoms with Crippen molar-refractivity contribution in [1.29, 1.82) is 0 Å². The van der Waals surface area contributed by atoms with Crippen LogP contribution in [-0.4, -0.2) is 0 Å². The van der Waals surface area contributed by atoms with Gasteiger partial charge in [-0.3, -0.25) is 0 Å². The molecule has 0 aliphatic rings. The van der Waals surface area contributed by atoms with Crippen LogP contribution in [0.3, 0.4) is 0 Å². The van der Waals surface area contributed by atoms with Crippen molar-refractivity contribution >= 4 is 13.9 Å². The molecule has 0 amide bonds. The van der Waals surface area contributed by atoms with E-state index in [1.807, 2.05) is 0 Å². The molecule has 0 radical (unpaired) electrons. The van der Waals surface area contributed by atoms with Gasteiger partial charge >= 0.3 is 0 Å². The molecular weight excluding hydrogens is 481 g/mol. The summed E-state index contributed by atoms with van der Waals surface area (Å²) in [4.78, 5) is 0. The van der Waals surface area contributed by atoms with Crippen LogP contribution in [0.25, 0.3) is 0 Å². The van der Waals surface area contributed by atoms with E-state index in [9.17, 15) is 0 Å². The lowest BCUT2D eigenvalue weighted by Crippen LogP contribution is -2.27. The highest BCUT2D eigenvalue weighted by Gasteiger charge is 2.34. The van der Waals surface area contributed by atoms with Crippen molar-refractivity contribution in [3.63, 3.8) is 0 Å². The molecule has 4 aromatic carbocycles. The topological polar surface area (TPSA) is 21.3 Å². The normalized spacial score (nSPS) is 11.8. The summed E-state index contributed by atoms with van der Waals surface area (Å²) < 4.78 is 6.62. The Morgan fingerprint density at radius 1 is 0.711 bits per heavy atom. The van der Waals surface area contributed by atoms with E-state index in [-0.39, 0.29) is 5.16 Å². The SMILES string of the molecule is CCC(CC)(Pc1c(C)cccc1CNCc1ccccc1)c1cc(C)cc(C)c1OCc1ccccc1. The Bertz CT molecular complexity index is 1310. The van der Waals surface area contributed by atoms with Crippen molar-refractivity contribution in [2.24, 2.45) is 0 Å². The Hall–Kier alpha value is -2.93. The van der Waals surface area contributed by atoms with E-state index >= 15 is 0 Å². The van der Waals surface area contributed by atoms with Crippen molar-refractivity contribution in [2.45, 2.75) is 72.3 Å². The van der Waals surface area contributed by atoms with Crippen LogP contribution in [0.15, 0.2) is 91.0 Å². The fourth-order valence-electron chi connectivity index (χ4n) is 5.34. The fourth-order valence-corrected chi connectivity index (χ4v) is 7.10. The first-order valence-electron chi connectivity index (χ1n) is 13.9. The van der Waals surface area contributed by atoms with Crippen molar-refractivity contribution in [3.05, 3.63) is 130 Å². The zero-order valence-corrected chi connectivity index (χ0v) is 24.6. The first kappa shape index (κ1) is 28.1. The molecule has 0 aliphatic heterocycles. The summed E-state index contributed by atoms with van der Waals surface area (Å²) in [6.07, 6.45) is 2.13. The van der Waals surface area contributed by atoms with Crippen molar-refractivity contribution in [1.82, 2.24) is 5.32 Å². The van der Waals surface area contributed by atoms with Gasteiger partial charge in [-0.15, -0.1) is 0 Å². The Balaban J connectivity index is 1.66. The van der Waals surface area contributed by atoms with E-state index in [0.717, 1.165) is 31.7 Å². The number of benzene rings is 4. The second kappa shape index (κ2) is 13.2. The summed E-state index contributed by atoms with van der Waals surface area (Å²) in [6.45, 7) is 13.7. The van der Waals surface area contributed by atoms with E-state index in [4.69, 9.17) is 4.74 Å². The lowest BCUT2D eigenvalue weighted by Gasteiger charge is -2.36. The van der Waals surface area contributed by atoms with Crippen LogP contribution in [0.4, 0.5) is 0 Å². The summed E-state index contributed by atoms with van der Waals surface area (Å²) in [5, 5.41) is 5.20. The van der Waals surface area contributed by atoms with Gasteiger partial charge in [0.2, 0.25) is 0 Å². The van der Waals surface area contributed by atoms with Gasteiger partial charge in [-0.05, 0) is 66.7 Å². The smallest absolute Gasteiger partial charge is 0.126 e. The average Bonchev–Trinajstić information content (AvgIpc) is 2.93. The Labute approximate surface area is 231 Å². The predicted octanol–water partition coefficient (Wildman–Crippen LogP) is 8.50. The highest BCUT2D eigenvalue weighted by molar-refractivity contribution is 7.48. The standard InChI is InChI=1S/C35H42NOP/c1-6-35(7-2,32-22-26(3)21-28(5)33(32)37-25-30-18-12-9-13-19-30)38-34-27(4)15-14-20-31(34)24-36-23-29-16-10-8-11-17-29/h8-22,36,38H,6-7,23-25H2,1-5H3. The first-order chi connectivity index (χ1) is 18.5. The molecule has 38 heavy (non-hydrogen) atoms. The summed E-state index contributed by atoms with van der Waals surface area (Å²) in [5.41, 5.74) is 9.19. The van der Waals surface area contributed by atoms with Crippen LogP contribution in [0, 0.1) is 20.8 Å². The molecule has 4 rings (SSSR count). The fraction of sp³-hybridized carbons (Fsp3) is 0.314. The van der Waals surface area contributed by atoms with Gasteiger partial charge in [0.1, 0.15) is 12.4 Å². The molecular formula is C35H42NOP. The second-order valence-electron chi connectivity index (χ2n) is 10.3. The number of ether oxygens (including phenoxy) is 1. The molecule has 198 valence electrons. The molecule has 1 atom stereocenters. The van der Waals surface area contributed by atoms with Gasteiger partial charge in [0.05, 0.1) is 0 Å². The number of nitrogens with one attached hydrogen (secondary N) is 1. The van der Waals surface area contributed by atoms with Gasteiger partial charge in [0.25, 0.3) is 0 Å². The van der Waals surface area contributed by atoms with E-state index < -0.39 is 0 Å². The third kappa shape index (κ3) is 6.73. The Morgan fingerprint density at radius 2 is 1.37 bits per heavy atom. The minimum atomic E-state index is 0.0170. The predicted molar refractivity (Wildman–Crippen MR) is 165 cm³/mol. The summed E-state index contributed by atoms with van der Waals surface area (Å²) >= 11 is 0. The van der Waals surface area contributed by atoms with Gasteiger partial charge in [-0.1, -0.05) is 119 Å².